The van der Waals surface area contributed by atoms with Gasteiger partial charge in [0.15, 0.2) is 5.84 Å². The Morgan fingerprint density at radius 1 is 1.38 bits per heavy atom. The van der Waals surface area contributed by atoms with Crippen molar-refractivity contribution in [3.8, 4) is 0 Å². The summed E-state index contributed by atoms with van der Waals surface area (Å²) < 4.78 is 27.8. The molecule has 1 rings (SSSR count). The molecule has 1 aromatic carbocycles. The van der Waals surface area contributed by atoms with Crippen molar-refractivity contribution in [2.24, 2.45) is 10.9 Å². The molecule has 21 heavy (non-hydrogen) atoms. The molecule has 5 nitrogen and oxygen atoms in total. The van der Waals surface area contributed by atoms with E-state index >= 15 is 0 Å². The lowest BCUT2D eigenvalue weighted by atomic mass is 9.91. The Morgan fingerprint density at radius 2 is 1.86 bits per heavy atom. The summed E-state index contributed by atoms with van der Waals surface area (Å²) in [6.07, 6.45) is 0.593. The van der Waals surface area contributed by atoms with Crippen LogP contribution in [0.2, 0.25) is 0 Å². The van der Waals surface area contributed by atoms with Crippen molar-refractivity contribution in [3.63, 3.8) is 0 Å². The molecule has 0 spiro atoms. The van der Waals surface area contributed by atoms with Crippen molar-refractivity contribution >= 4 is 27.7 Å². The van der Waals surface area contributed by atoms with Crippen LogP contribution in [0.5, 0.6) is 0 Å². The van der Waals surface area contributed by atoms with Crippen LogP contribution in [0.15, 0.2) is 21.8 Å². The molecule has 0 atom stereocenters. The molecule has 0 saturated heterocycles. The minimum Gasteiger partial charge on any atom is -0.409 e. The summed E-state index contributed by atoms with van der Waals surface area (Å²) in [5.41, 5.74) is 3.71. The number of hydrogen-bond acceptors (Lipinski definition) is 3. The minimum atomic E-state index is -1.17. The third-order valence-corrected chi connectivity index (χ3v) is 3.85. The second kappa shape index (κ2) is 6.84. The van der Waals surface area contributed by atoms with E-state index in [0.29, 0.717) is 12.8 Å². The fourth-order valence-electron chi connectivity index (χ4n) is 1.99. The van der Waals surface area contributed by atoms with Crippen LogP contribution in [-0.2, 0) is 0 Å². The molecule has 0 unspecified atom stereocenters. The predicted octanol–water partition coefficient (Wildman–Crippen LogP) is 2.76. The van der Waals surface area contributed by atoms with Crippen molar-refractivity contribution in [2.45, 2.75) is 32.2 Å². The van der Waals surface area contributed by atoms with Crippen LogP contribution in [0.1, 0.15) is 37.0 Å². The normalized spacial score (nSPS) is 12.3. The lowest BCUT2D eigenvalue weighted by Gasteiger charge is -2.31. The maximum atomic E-state index is 13.8. The van der Waals surface area contributed by atoms with Crippen molar-refractivity contribution in [1.29, 1.82) is 0 Å². The first kappa shape index (κ1) is 17.4. The van der Waals surface area contributed by atoms with E-state index in [9.17, 15) is 13.6 Å². The lowest BCUT2D eigenvalue weighted by molar-refractivity contribution is 0.0909. The maximum Gasteiger partial charge on any atom is 0.258 e. The zero-order chi connectivity index (χ0) is 16.2. The molecule has 116 valence electrons. The van der Waals surface area contributed by atoms with Gasteiger partial charge in [-0.25, -0.2) is 8.78 Å². The largest absolute Gasteiger partial charge is 0.409 e. The number of carbonyl (C=O) groups is 1. The highest BCUT2D eigenvalue weighted by Crippen LogP contribution is 2.22. The molecule has 4 N–H and O–H groups in total. The molecule has 0 aliphatic carbocycles. The zero-order valence-electron chi connectivity index (χ0n) is 11.6. The summed E-state index contributed by atoms with van der Waals surface area (Å²) in [5.74, 6) is -3.19. The first-order valence-electron chi connectivity index (χ1n) is 6.26. The van der Waals surface area contributed by atoms with Gasteiger partial charge in [-0.3, -0.25) is 4.79 Å². The van der Waals surface area contributed by atoms with E-state index in [2.05, 4.69) is 26.4 Å². The van der Waals surface area contributed by atoms with E-state index in [1.807, 2.05) is 0 Å². The number of nitrogens with two attached hydrogens (primary N) is 1. The summed E-state index contributed by atoms with van der Waals surface area (Å²) in [6, 6.07) is 1.97. The average molecular weight is 364 g/mol. The quantitative estimate of drug-likeness (QED) is 0.325. The van der Waals surface area contributed by atoms with Gasteiger partial charge in [-0.1, -0.05) is 34.9 Å². The number of oxime groups is 1. The van der Waals surface area contributed by atoms with Crippen molar-refractivity contribution in [3.05, 3.63) is 33.8 Å². The average Bonchev–Trinajstić information content (AvgIpc) is 2.42. The van der Waals surface area contributed by atoms with Gasteiger partial charge in [0.1, 0.15) is 22.7 Å². The summed E-state index contributed by atoms with van der Waals surface area (Å²) in [7, 11) is 0. The third kappa shape index (κ3) is 3.49. The van der Waals surface area contributed by atoms with Crippen LogP contribution in [-0.4, -0.2) is 22.5 Å². The molecule has 0 aliphatic heterocycles. The summed E-state index contributed by atoms with van der Waals surface area (Å²) in [4.78, 5) is 12.2. The molecule has 8 heteroatoms. The van der Waals surface area contributed by atoms with E-state index in [0.717, 1.165) is 12.1 Å². The Hall–Kier alpha value is -1.70. The fourth-order valence-corrected chi connectivity index (χ4v) is 2.39. The highest BCUT2D eigenvalue weighted by molar-refractivity contribution is 9.10. The summed E-state index contributed by atoms with van der Waals surface area (Å²) >= 11 is 2.94. The first-order chi connectivity index (χ1) is 9.81. The molecule has 1 aromatic rings. The Morgan fingerprint density at radius 3 is 2.24 bits per heavy atom. The van der Waals surface area contributed by atoms with Gasteiger partial charge in [-0.05, 0) is 25.0 Å². The standard InChI is InChI=1S/C13H16BrF2N3O2/c1-3-13(4-2,12(17)19-21)18-11(20)10-8(15)5-7(14)6-9(10)16/h5-6,21H,3-4H2,1-2H3,(H2,17,19)(H,18,20). The van der Waals surface area contributed by atoms with Gasteiger partial charge in [-0.2, -0.15) is 0 Å². The van der Waals surface area contributed by atoms with Crippen molar-refractivity contribution < 1.29 is 18.8 Å². The maximum absolute atomic E-state index is 13.8. The molecular weight excluding hydrogens is 348 g/mol. The van der Waals surface area contributed by atoms with Gasteiger partial charge in [0, 0.05) is 4.47 Å². The molecule has 0 radical (unpaired) electrons. The smallest absolute Gasteiger partial charge is 0.258 e. The SMILES string of the molecule is CCC(CC)(NC(=O)c1c(F)cc(Br)cc1F)C(N)=NO. The third-order valence-electron chi connectivity index (χ3n) is 3.39. The zero-order valence-corrected chi connectivity index (χ0v) is 13.2. The van der Waals surface area contributed by atoms with Crippen LogP contribution in [0, 0.1) is 11.6 Å². The number of hydrogen-bond donors (Lipinski definition) is 3. The molecule has 0 fully saturated rings. The van der Waals surface area contributed by atoms with Gasteiger partial charge in [-0.15, -0.1) is 0 Å². The molecule has 0 bridgehead atoms. The number of nitrogens with zero attached hydrogens (tertiary/aromatic N) is 1. The van der Waals surface area contributed by atoms with Crippen molar-refractivity contribution in [2.75, 3.05) is 0 Å². The Balaban J connectivity index is 3.21. The molecule has 0 heterocycles. The Kier molecular flexibility index (Phi) is 5.65. The van der Waals surface area contributed by atoms with Gasteiger partial charge in [0.25, 0.3) is 5.91 Å². The number of benzene rings is 1. The van der Waals surface area contributed by atoms with Crippen LogP contribution in [0.4, 0.5) is 8.78 Å². The van der Waals surface area contributed by atoms with E-state index in [4.69, 9.17) is 10.9 Å². The molecule has 0 aliphatic rings. The second-order valence-corrected chi connectivity index (χ2v) is 5.39. The highest BCUT2D eigenvalue weighted by Gasteiger charge is 2.35. The van der Waals surface area contributed by atoms with Crippen LogP contribution in [0.25, 0.3) is 0 Å². The monoisotopic (exact) mass is 363 g/mol. The highest BCUT2D eigenvalue weighted by atomic mass is 79.9. The number of halogens is 3. The number of amidine groups is 1. The Labute approximate surface area is 129 Å². The second-order valence-electron chi connectivity index (χ2n) is 4.47. The fraction of sp³-hybridized carbons (Fsp3) is 0.385. The van der Waals surface area contributed by atoms with E-state index in [-0.39, 0.29) is 10.3 Å². The van der Waals surface area contributed by atoms with E-state index in [1.165, 1.54) is 0 Å². The number of nitrogens with one attached hydrogen (secondary N) is 1. The molecular formula is C13H16BrF2N3O2. The molecule has 1 amide bonds. The van der Waals surface area contributed by atoms with Gasteiger partial charge < -0.3 is 16.3 Å². The molecule has 0 aromatic heterocycles. The summed E-state index contributed by atoms with van der Waals surface area (Å²) in [6.45, 7) is 3.41. The van der Waals surface area contributed by atoms with E-state index in [1.54, 1.807) is 13.8 Å². The van der Waals surface area contributed by atoms with Gasteiger partial charge in [0.2, 0.25) is 0 Å². The lowest BCUT2D eigenvalue weighted by Crippen LogP contribution is -2.57. The van der Waals surface area contributed by atoms with E-state index < -0.39 is 28.6 Å². The van der Waals surface area contributed by atoms with Gasteiger partial charge >= 0.3 is 0 Å². The number of rotatable bonds is 5. The van der Waals surface area contributed by atoms with Crippen LogP contribution >= 0.6 is 15.9 Å². The predicted molar refractivity (Wildman–Crippen MR) is 78.2 cm³/mol. The number of amides is 1. The van der Waals surface area contributed by atoms with Gasteiger partial charge in [0.05, 0.1) is 0 Å². The van der Waals surface area contributed by atoms with Crippen molar-refractivity contribution in [1.82, 2.24) is 5.32 Å². The topological polar surface area (TPSA) is 87.7 Å². The minimum absolute atomic E-state index is 0.183. The van der Waals surface area contributed by atoms with Crippen LogP contribution in [0.3, 0.4) is 0 Å². The summed E-state index contributed by atoms with van der Waals surface area (Å²) in [5, 5.41) is 14.2. The first-order valence-corrected chi connectivity index (χ1v) is 7.05. The number of carbonyl (C=O) groups excluding carboxylic acids is 1. The molecule has 0 saturated carbocycles. The Bertz CT molecular complexity index is 552. The van der Waals surface area contributed by atoms with Crippen LogP contribution < -0.4 is 11.1 Å².